The Bertz CT molecular complexity index is 976. The molecular weight excluding hydrogens is 348 g/mol. The molecule has 0 saturated carbocycles. The summed E-state index contributed by atoms with van der Waals surface area (Å²) in [6.07, 6.45) is 8.16. The fourth-order valence-electron chi connectivity index (χ4n) is 4.71. The highest BCUT2D eigenvalue weighted by atomic mass is 16.2. The van der Waals surface area contributed by atoms with Gasteiger partial charge in [-0.05, 0) is 23.6 Å². The van der Waals surface area contributed by atoms with E-state index in [0.717, 1.165) is 11.1 Å². The predicted molar refractivity (Wildman–Crippen MR) is 108 cm³/mol. The van der Waals surface area contributed by atoms with Crippen molar-refractivity contribution in [1.29, 1.82) is 0 Å². The highest BCUT2D eigenvalue weighted by Gasteiger charge is 2.61. The minimum atomic E-state index is -0.731. The van der Waals surface area contributed by atoms with Gasteiger partial charge in [0.25, 0.3) is 5.91 Å². The Hall–Kier alpha value is -3.32. The van der Waals surface area contributed by atoms with Crippen LogP contribution in [-0.4, -0.2) is 34.2 Å². The van der Waals surface area contributed by atoms with Crippen molar-refractivity contribution in [3.05, 3.63) is 83.9 Å². The summed E-state index contributed by atoms with van der Waals surface area (Å²) in [5.41, 5.74) is 1.88. The molecule has 0 aromatic heterocycles. The summed E-state index contributed by atoms with van der Waals surface area (Å²) in [5, 5.41) is 0. The van der Waals surface area contributed by atoms with E-state index in [2.05, 4.69) is 12.5 Å². The number of fused-ring (bicyclic) bond motifs is 2. The Labute approximate surface area is 165 Å². The van der Waals surface area contributed by atoms with E-state index < -0.39 is 5.54 Å². The second kappa shape index (κ2) is 7.01. The molecule has 1 fully saturated rings. The number of carbonyl (C=O) groups excluding carboxylic acids is 2. The molecule has 0 aliphatic carbocycles. The van der Waals surface area contributed by atoms with Gasteiger partial charge in [-0.3, -0.25) is 9.59 Å². The summed E-state index contributed by atoms with van der Waals surface area (Å²) in [6, 6.07) is 17.3. The normalized spacial score (nSPS) is 23.2. The zero-order valence-electron chi connectivity index (χ0n) is 15.7. The first kappa shape index (κ1) is 18.1. The van der Waals surface area contributed by atoms with E-state index in [0.29, 0.717) is 18.5 Å². The van der Waals surface area contributed by atoms with Crippen molar-refractivity contribution >= 4 is 11.8 Å². The molecule has 0 radical (unpaired) electrons. The molecule has 0 unspecified atom stereocenters. The fourth-order valence-corrected chi connectivity index (χ4v) is 4.71. The molecular formula is C24H22N2O2. The molecule has 4 rings (SSSR count). The minimum Gasteiger partial charge on any atom is -0.325 e. The Kier molecular flexibility index (Phi) is 4.52. The Morgan fingerprint density at radius 3 is 2.57 bits per heavy atom. The van der Waals surface area contributed by atoms with Gasteiger partial charge in [0.2, 0.25) is 5.91 Å². The van der Waals surface area contributed by atoms with Gasteiger partial charge in [-0.1, -0.05) is 60.5 Å². The molecule has 0 bridgehead atoms. The topological polar surface area (TPSA) is 40.6 Å². The van der Waals surface area contributed by atoms with Crippen LogP contribution in [0, 0.1) is 12.3 Å². The number of benzene rings is 2. The third kappa shape index (κ3) is 2.55. The van der Waals surface area contributed by atoms with Crippen molar-refractivity contribution in [3.8, 4) is 12.3 Å². The summed E-state index contributed by atoms with van der Waals surface area (Å²) in [6.45, 7) is 4.56. The lowest BCUT2D eigenvalue weighted by atomic mass is 9.80. The number of rotatable bonds is 5. The summed E-state index contributed by atoms with van der Waals surface area (Å²) >= 11 is 0. The van der Waals surface area contributed by atoms with Crippen LogP contribution in [0.25, 0.3) is 0 Å². The SMILES string of the molecule is C#CCN1C(=O)C[C@]2(c3ccccc3C(=O)N2Cc2ccccc2)[C@@H]1CC=C. The van der Waals surface area contributed by atoms with Gasteiger partial charge in [-0.2, -0.15) is 0 Å². The molecule has 2 aliphatic heterocycles. The number of likely N-dealkylation sites (tertiary alicyclic amines) is 1. The van der Waals surface area contributed by atoms with Crippen molar-refractivity contribution < 1.29 is 9.59 Å². The van der Waals surface area contributed by atoms with Crippen LogP contribution in [0.1, 0.15) is 34.3 Å². The largest absolute Gasteiger partial charge is 0.325 e. The minimum absolute atomic E-state index is 0.0210. The molecule has 2 atom stereocenters. The van der Waals surface area contributed by atoms with Crippen LogP contribution in [0.2, 0.25) is 0 Å². The lowest BCUT2D eigenvalue weighted by Crippen LogP contribution is -2.52. The van der Waals surface area contributed by atoms with Crippen molar-refractivity contribution in [2.24, 2.45) is 0 Å². The monoisotopic (exact) mass is 370 g/mol. The quantitative estimate of drug-likeness (QED) is 0.598. The summed E-state index contributed by atoms with van der Waals surface area (Å²) in [5.74, 6) is 2.54. The number of hydrogen-bond acceptors (Lipinski definition) is 2. The maximum Gasteiger partial charge on any atom is 0.255 e. The number of amides is 2. The lowest BCUT2D eigenvalue weighted by Gasteiger charge is -2.41. The van der Waals surface area contributed by atoms with Crippen molar-refractivity contribution in [2.75, 3.05) is 6.54 Å². The zero-order valence-corrected chi connectivity index (χ0v) is 15.7. The number of terminal acetylenes is 1. The van der Waals surface area contributed by atoms with Gasteiger partial charge in [0.15, 0.2) is 0 Å². The summed E-state index contributed by atoms with van der Waals surface area (Å²) in [7, 11) is 0. The molecule has 140 valence electrons. The summed E-state index contributed by atoms with van der Waals surface area (Å²) in [4.78, 5) is 30.0. The average Bonchev–Trinajstić information content (AvgIpc) is 3.11. The van der Waals surface area contributed by atoms with Gasteiger partial charge in [-0.15, -0.1) is 13.0 Å². The molecule has 2 aromatic rings. The molecule has 1 saturated heterocycles. The number of hydrogen-bond donors (Lipinski definition) is 0. The third-order valence-electron chi connectivity index (χ3n) is 5.85. The van der Waals surface area contributed by atoms with Crippen molar-refractivity contribution in [1.82, 2.24) is 9.80 Å². The molecule has 0 N–H and O–H groups in total. The molecule has 2 heterocycles. The first-order valence-corrected chi connectivity index (χ1v) is 9.42. The highest BCUT2D eigenvalue weighted by Crippen LogP contribution is 2.51. The third-order valence-corrected chi connectivity index (χ3v) is 5.85. The fraction of sp³-hybridized carbons (Fsp3) is 0.250. The Morgan fingerprint density at radius 1 is 1.14 bits per heavy atom. The van der Waals surface area contributed by atoms with Gasteiger partial charge < -0.3 is 9.80 Å². The van der Waals surface area contributed by atoms with Gasteiger partial charge in [0.1, 0.15) is 0 Å². The van der Waals surface area contributed by atoms with Gasteiger partial charge >= 0.3 is 0 Å². The summed E-state index contributed by atoms with van der Waals surface area (Å²) < 4.78 is 0. The van der Waals surface area contributed by atoms with E-state index in [1.807, 2.05) is 59.5 Å². The number of nitrogens with zero attached hydrogens (tertiary/aromatic N) is 2. The first-order valence-electron chi connectivity index (χ1n) is 9.42. The van der Waals surface area contributed by atoms with Crippen LogP contribution in [0.15, 0.2) is 67.3 Å². The maximum absolute atomic E-state index is 13.4. The van der Waals surface area contributed by atoms with E-state index >= 15 is 0 Å². The lowest BCUT2D eigenvalue weighted by molar-refractivity contribution is -0.128. The predicted octanol–water partition coefficient (Wildman–Crippen LogP) is 3.35. The highest BCUT2D eigenvalue weighted by molar-refractivity contribution is 6.02. The van der Waals surface area contributed by atoms with E-state index in [-0.39, 0.29) is 30.8 Å². The number of carbonyl (C=O) groups is 2. The maximum atomic E-state index is 13.4. The van der Waals surface area contributed by atoms with Crippen molar-refractivity contribution in [2.45, 2.75) is 31.0 Å². The smallest absolute Gasteiger partial charge is 0.255 e. The van der Waals surface area contributed by atoms with Crippen LogP contribution in [0.4, 0.5) is 0 Å². The van der Waals surface area contributed by atoms with Crippen LogP contribution >= 0.6 is 0 Å². The Morgan fingerprint density at radius 2 is 1.86 bits per heavy atom. The standard InChI is InChI=1S/C24H22N2O2/c1-3-10-21-24(16-22(27)25(21)15-4-2)20-14-9-8-13-19(20)23(28)26(24)17-18-11-6-5-7-12-18/h2-3,5-9,11-14,21H,1,10,15-17H2/t21-,24-/m0/s1. The zero-order chi connectivity index (χ0) is 19.7. The molecule has 1 spiro atoms. The molecule has 2 amide bonds. The first-order chi connectivity index (χ1) is 13.6. The molecule has 28 heavy (non-hydrogen) atoms. The van der Waals surface area contributed by atoms with E-state index in [9.17, 15) is 9.59 Å². The average molecular weight is 370 g/mol. The van der Waals surface area contributed by atoms with E-state index in [1.54, 1.807) is 11.0 Å². The second-order valence-corrected chi connectivity index (χ2v) is 7.29. The van der Waals surface area contributed by atoms with E-state index in [4.69, 9.17) is 6.42 Å². The second-order valence-electron chi connectivity index (χ2n) is 7.29. The molecule has 2 aromatic carbocycles. The van der Waals surface area contributed by atoms with Gasteiger partial charge in [0, 0.05) is 12.1 Å². The van der Waals surface area contributed by atoms with Crippen LogP contribution in [0.3, 0.4) is 0 Å². The van der Waals surface area contributed by atoms with E-state index in [1.165, 1.54) is 0 Å². The molecule has 2 aliphatic rings. The van der Waals surface area contributed by atoms with Gasteiger partial charge in [0.05, 0.1) is 24.5 Å². The van der Waals surface area contributed by atoms with Crippen LogP contribution < -0.4 is 0 Å². The van der Waals surface area contributed by atoms with Crippen molar-refractivity contribution in [3.63, 3.8) is 0 Å². The van der Waals surface area contributed by atoms with Gasteiger partial charge in [-0.25, -0.2) is 0 Å². The van der Waals surface area contributed by atoms with Crippen LogP contribution in [-0.2, 0) is 16.9 Å². The molecule has 4 heteroatoms. The Balaban J connectivity index is 1.88. The molecule has 4 nitrogen and oxygen atoms in total. The van der Waals surface area contributed by atoms with Crippen LogP contribution in [0.5, 0.6) is 0 Å².